The van der Waals surface area contributed by atoms with Crippen molar-refractivity contribution in [1.82, 2.24) is 14.4 Å². The number of nitrogens with one attached hydrogen (secondary N) is 1. The summed E-state index contributed by atoms with van der Waals surface area (Å²) in [6, 6.07) is 8.17. The quantitative estimate of drug-likeness (QED) is 0.793. The number of hydrogen-bond donors (Lipinski definition) is 1. The van der Waals surface area contributed by atoms with Crippen molar-refractivity contribution in [2.24, 2.45) is 0 Å². The third kappa shape index (κ3) is 2.35. The predicted molar refractivity (Wildman–Crippen MR) is 83.7 cm³/mol. The molecule has 0 saturated carbocycles. The van der Waals surface area contributed by atoms with Gasteiger partial charge in [0.05, 0.1) is 6.54 Å². The van der Waals surface area contributed by atoms with Crippen molar-refractivity contribution in [3.05, 3.63) is 53.0 Å². The lowest BCUT2D eigenvalue weighted by Crippen LogP contribution is -2.24. The van der Waals surface area contributed by atoms with E-state index < -0.39 is 0 Å². The standard InChI is InChI=1S/C15H13BrN4O/c16-13-9-20-6-5-17-15(20)14(19-13)18-8-11-7-10-3-1-2-4-12(10)21-11/h1-6,9,11H,7-8H2,(H,18,19). The third-order valence-corrected chi connectivity index (χ3v) is 3.94. The molecule has 0 aliphatic carbocycles. The molecule has 3 heterocycles. The first-order valence-electron chi connectivity index (χ1n) is 6.77. The number of fused-ring (bicyclic) bond motifs is 2. The molecule has 106 valence electrons. The Morgan fingerprint density at radius 1 is 1.38 bits per heavy atom. The lowest BCUT2D eigenvalue weighted by atomic mass is 10.1. The zero-order chi connectivity index (χ0) is 14.2. The van der Waals surface area contributed by atoms with Gasteiger partial charge in [0.1, 0.15) is 16.5 Å². The molecule has 6 heteroatoms. The summed E-state index contributed by atoms with van der Waals surface area (Å²) in [6.07, 6.45) is 6.58. The molecule has 1 atom stereocenters. The molecule has 0 fully saturated rings. The average molecular weight is 345 g/mol. The average Bonchev–Trinajstić information content (AvgIpc) is 3.10. The topological polar surface area (TPSA) is 51.5 Å². The summed E-state index contributed by atoms with van der Waals surface area (Å²) in [5, 5.41) is 3.34. The van der Waals surface area contributed by atoms with Gasteiger partial charge in [0.15, 0.2) is 11.5 Å². The molecular weight excluding hydrogens is 332 g/mol. The first-order valence-corrected chi connectivity index (χ1v) is 7.56. The van der Waals surface area contributed by atoms with Gasteiger partial charge >= 0.3 is 0 Å². The molecule has 21 heavy (non-hydrogen) atoms. The smallest absolute Gasteiger partial charge is 0.180 e. The minimum Gasteiger partial charge on any atom is -0.488 e. The molecule has 3 aromatic rings. The van der Waals surface area contributed by atoms with Gasteiger partial charge in [-0.1, -0.05) is 18.2 Å². The summed E-state index contributed by atoms with van der Waals surface area (Å²) < 4.78 is 8.63. The Hall–Kier alpha value is -2.08. The summed E-state index contributed by atoms with van der Waals surface area (Å²) >= 11 is 3.41. The maximum absolute atomic E-state index is 5.92. The minimum atomic E-state index is 0.123. The van der Waals surface area contributed by atoms with Crippen molar-refractivity contribution in [1.29, 1.82) is 0 Å². The Labute approximate surface area is 130 Å². The van der Waals surface area contributed by atoms with Crippen LogP contribution < -0.4 is 10.1 Å². The van der Waals surface area contributed by atoms with Crippen LogP contribution in [0.5, 0.6) is 5.75 Å². The van der Waals surface area contributed by atoms with Gasteiger partial charge in [0.2, 0.25) is 0 Å². The fraction of sp³-hybridized carbons (Fsp3) is 0.200. The number of hydrogen-bond acceptors (Lipinski definition) is 4. The summed E-state index contributed by atoms with van der Waals surface area (Å²) in [7, 11) is 0. The zero-order valence-electron chi connectivity index (χ0n) is 11.2. The summed E-state index contributed by atoms with van der Waals surface area (Å²) in [4.78, 5) is 8.77. The second-order valence-corrected chi connectivity index (χ2v) is 5.82. The number of nitrogens with zero attached hydrogens (tertiary/aromatic N) is 3. The number of aromatic nitrogens is 3. The van der Waals surface area contributed by atoms with E-state index in [1.807, 2.05) is 35.0 Å². The second kappa shape index (κ2) is 5.04. The number of halogens is 1. The number of ether oxygens (including phenoxy) is 1. The van der Waals surface area contributed by atoms with Crippen LogP contribution in [0.3, 0.4) is 0 Å². The predicted octanol–water partition coefficient (Wildman–Crippen LogP) is 2.91. The molecular formula is C15H13BrN4O. The van der Waals surface area contributed by atoms with Gasteiger partial charge in [-0.3, -0.25) is 0 Å². The Morgan fingerprint density at radius 3 is 3.19 bits per heavy atom. The van der Waals surface area contributed by atoms with Gasteiger partial charge in [-0.25, -0.2) is 9.97 Å². The van der Waals surface area contributed by atoms with E-state index in [4.69, 9.17) is 4.74 Å². The third-order valence-electron chi connectivity index (χ3n) is 3.56. The maximum atomic E-state index is 5.92. The van der Waals surface area contributed by atoms with E-state index in [1.54, 1.807) is 6.20 Å². The van der Waals surface area contributed by atoms with E-state index in [0.717, 1.165) is 28.2 Å². The molecule has 1 aromatic carbocycles. The minimum absolute atomic E-state index is 0.123. The van der Waals surface area contributed by atoms with E-state index in [1.165, 1.54) is 5.56 Å². The van der Waals surface area contributed by atoms with Crippen LogP contribution in [0.25, 0.3) is 5.65 Å². The second-order valence-electron chi connectivity index (χ2n) is 5.00. The SMILES string of the molecule is Brc1cn2ccnc2c(NCC2Cc3ccccc3O2)n1. The van der Waals surface area contributed by atoms with Crippen LogP contribution in [0.1, 0.15) is 5.56 Å². The molecule has 0 amide bonds. The monoisotopic (exact) mass is 344 g/mol. The highest BCUT2D eigenvalue weighted by molar-refractivity contribution is 9.10. The molecule has 1 N–H and O–H groups in total. The zero-order valence-corrected chi connectivity index (χ0v) is 12.7. The summed E-state index contributed by atoms with van der Waals surface area (Å²) in [5.74, 6) is 1.74. The fourth-order valence-corrected chi connectivity index (χ4v) is 3.00. The molecule has 1 aliphatic rings. The highest BCUT2D eigenvalue weighted by atomic mass is 79.9. The van der Waals surface area contributed by atoms with Crippen molar-refractivity contribution in [3.63, 3.8) is 0 Å². The number of para-hydroxylation sites is 1. The summed E-state index contributed by atoms with van der Waals surface area (Å²) in [6.45, 7) is 0.695. The molecule has 0 saturated heterocycles. The van der Waals surface area contributed by atoms with Crippen LogP contribution in [0, 0.1) is 0 Å². The van der Waals surface area contributed by atoms with Crippen molar-refractivity contribution >= 4 is 27.4 Å². The Morgan fingerprint density at radius 2 is 2.29 bits per heavy atom. The van der Waals surface area contributed by atoms with Crippen molar-refractivity contribution in [3.8, 4) is 5.75 Å². The van der Waals surface area contributed by atoms with Crippen LogP contribution >= 0.6 is 15.9 Å². The lowest BCUT2D eigenvalue weighted by molar-refractivity contribution is 0.246. The molecule has 0 radical (unpaired) electrons. The Kier molecular flexibility index (Phi) is 3.03. The van der Waals surface area contributed by atoms with Gasteiger partial charge in [-0.05, 0) is 27.6 Å². The maximum Gasteiger partial charge on any atom is 0.180 e. The summed E-state index contributed by atoms with van der Waals surface area (Å²) in [5.41, 5.74) is 2.08. The van der Waals surface area contributed by atoms with E-state index in [0.29, 0.717) is 6.54 Å². The molecule has 0 bridgehead atoms. The first kappa shape index (κ1) is 12.6. The van der Waals surface area contributed by atoms with Crippen LogP contribution in [0.15, 0.2) is 47.5 Å². The molecule has 1 unspecified atom stereocenters. The van der Waals surface area contributed by atoms with Gasteiger partial charge in [0, 0.05) is 25.0 Å². The van der Waals surface area contributed by atoms with Crippen LogP contribution in [-0.2, 0) is 6.42 Å². The van der Waals surface area contributed by atoms with Crippen molar-refractivity contribution in [2.45, 2.75) is 12.5 Å². The van der Waals surface area contributed by atoms with E-state index >= 15 is 0 Å². The van der Waals surface area contributed by atoms with Gasteiger partial charge in [-0.2, -0.15) is 0 Å². The lowest BCUT2D eigenvalue weighted by Gasteiger charge is -2.13. The van der Waals surface area contributed by atoms with Crippen LogP contribution in [0.2, 0.25) is 0 Å². The largest absolute Gasteiger partial charge is 0.488 e. The fourth-order valence-electron chi connectivity index (χ4n) is 2.60. The number of anilines is 1. The van der Waals surface area contributed by atoms with Crippen LogP contribution in [-0.4, -0.2) is 27.0 Å². The normalized spacial score (nSPS) is 16.7. The van der Waals surface area contributed by atoms with E-state index in [-0.39, 0.29) is 6.10 Å². The first-order chi connectivity index (χ1) is 10.3. The number of benzene rings is 1. The van der Waals surface area contributed by atoms with Crippen molar-refractivity contribution in [2.75, 3.05) is 11.9 Å². The van der Waals surface area contributed by atoms with Crippen molar-refractivity contribution < 1.29 is 4.74 Å². The molecule has 4 rings (SSSR count). The molecule has 2 aromatic heterocycles. The number of imidazole rings is 1. The van der Waals surface area contributed by atoms with Crippen LogP contribution in [0.4, 0.5) is 5.82 Å². The molecule has 5 nitrogen and oxygen atoms in total. The molecule has 1 aliphatic heterocycles. The molecule has 0 spiro atoms. The highest BCUT2D eigenvalue weighted by Crippen LogP contribution is 2.28. The number of rotatable bonds is 3. The Bertz CT molecular complexity index is 776. The van der Waals surface area contributed by atoms with E-state index in [9.17, 15) is 0 Å². The Balaban J connectivity index is 1.51. The van der Waals surface area contributed by atoms with Gasteiger partial charge < -0.3 is 14.5 Å². The van der Waals surface area contributed by atoms with Gasteiger partial charge in [0.25, 0.3) is 0 Å². The van der Waals surface area contributed by atoms with E-state index in [2.05, 4.69) is 37.3 Å². The van der Waals surface area contributed by atoms with Gasteiger partial charge in [-0.15, -0.1) is 0 Å². The highest BCUT2D eigenvalue weighted by Gasteiger charge is 2.22.